The van der Waals surface area contributed by atoms with E-state index < -0.39 is 0 Å². The summed E-state index contributed by atoms with van der Waals surface area (Å²) in [7, 11) is 3.91. The number of rotatable bonds is 3. The summed E-state index contributed by atoms with van der Waals surface area (Å²) in [5, 5.41) is 10.3. The van der Waals surface area contributed by atoms with E-state index in [4.69, 9.17) is 5.73 Å². The standard InChI is InChI=1S/C13H13N5S2/c1-18(2)12-16-17-13(20-12)19-10-6-5-9(14)11-8(10)4-3-7-15-11/h3-7H,14H2,1-2H3. The third-order valence-electron chi connectivity index (χ3n) is 2.74. The second-order valence-electron chi connectivity index (χ2n) is 4.40. The van der Waals surface area contributed by atoms with Crippen molar-refractivity contribution in [2.45, 2.75) is 9.24 Å². The van der Waals surface area contributed by atoms with E-state index >= 15 is 0 Å². The van der Waals surface area contributed by atoms with Gasteiger partial charge in [0.15, 0.2) is 4.34 Å². The summed E-state index contributed by atoms with van der Waals surface area (Å²) in [6.07, 6.45) is 1.75. The molecule has 0 aliphatic rings. The molecule has 0 bridgehead atoms. The molecule has 102 valence electrons. The Kier molecular flexibility index (Phi) is 3.45. The van der Waals surface area contributed by atoms with Gasteiger partial charge in [-0.2, -0.15) is 0 Å². The first-order valence-electron chi connectivity index (χ1n) is 5.97. The lowest BCUT2D eigenvalue weighted by atomic mass is 10.2. The van der Waals surface area contributed by atoms with E-state index in [1.54, 1.807) is 29.3 Å². The highest BCUT2D eigenvalue weighted by molar-refractivity contribution is 8.01. The summed E-state index contributed by atoms with van der Waals surface area (Å²) >= 11 is 3.15. The molecule has 5 nitrogen and oxygen atoms in total. The minimum absolute atomic E-state index is 0.691. The van der Waals surface area contributed by atoms with Gasteiger partial charge < -0.3 is 10.6 Å². The summed E-state index contributed by atoms with van der Waals surface area (Å²) < 4.78 is 0.906. The molecule has 0 unspecified atom stereocenters. The lowest BCUT2D eigenvalue weighted by Crippen LogP contribution is -2.07. The number of nitrogen functional groups attached to an aromatic ring is 1. The second-order valence-corrected chi connectivity index (χ2v) is 6.64. The fourth-order valence-electron chi connectivity index (χ4n) is 1.78. The van der Waals surface area contributed by atoms with Crippen LogP contribution in [0.1, 0.15) is 0 Å². The normalized spacial score (nSPS) is 10.9. The highest BCUT2D eigenvalue weighted by Gasteiger charge is 2.11. The molecule has 0 radical (unpaired) electrons. The van der Waals surface area contributed by atoms with Crippen LogP contribution in [-0.4, -0.2) is 29.3 Å². The zero-order chi connectivity index (χ0) is 14.1. The van der Waals surface area contributed by atoms with E-state index in [2.05, 4.69) is 15.2 Å². The Labute approximate surface area is 124 Å². The third-order valence-corrected chi connectivity index (χ3v) is 4.95. The quantitative estimate of drug-likeness (QED) is 0.750. The minimum atomic E-state index is 0.691. The molecule has 0 amide bonds. The zero-order valence-corrected chi connectivity index (χ0v) is 12.7. The van der Waals surface area contributed by atoms with Gasteiger partial charge in [0, 0.05) is 30.6 Å². The van der Waals surface area contributed by atoms with Crippen molar-refractivity contribution in [1.82, 2.24) is 15.2 Å². The first-order valence-corrected chi connectivity index (χ1v) is 7.60. The third kappa shape index (κ3) is 2.41. The summed E-state index contributed by atoms with van der Waals surface area (Å²) in [4.78, 5) is 7.37. The van der Waals surface area contributed by atoms with Gasteiger partial charge in [-0.05, 0) is 18.2 Å². The lowest BCUT2D eigenvalue weighted by molar-refractivity contribution is 0.973. The molecule has 0 aliphatic heterocycles. The fourth-order valence-corrected chi connectivity index (χ4v) is 3.62. The molecule has 0 spiro atoms. The van der Waals surface area contributed by atoms with Crippen LogP contribution in [0, 0.1) is 0 Å². The maximum Gasteiger partial charge on any atom is 0.208 e. The molecule has 0 saturated heterocycles. The molecule has 7 heteroatoms. The van der Waals surface area contributed by atoms with Crippen molar-refractivity contribution < 1.29 is 0 Å². The van der Waals surface area contributed by atoms with E-state index in [0.29, 0.717) is 5.69 Å². The molecule has 0 atom stereocenters. The van der Waals surface area contributed by atoms with Crippen molar-refractivity contribution in [2.75, 3.05) is 24.7 Å². The van der Waals surface area contributed by atoms with E-state index in [1.807, 2.05) is 43.3 Å². The van der Waals surface area contributed by atoms with Gasteiger partial charge in [0.25, 0.3) is 0 Å². The number of benzene rings is 1. The second kappa shape index (κ2) is 5.26. The molecular formula is C13H13N5S2. The number of pyridine rings is 1. The maximum absolute atomic E-state index is 5.96. The van der Waals surface area contributed by atoms with E-state index in [9.17, 15) is 0 Å². The number of nitrogens with zero attached hydrogens (tertiary/aromatic N) is 4. The molecule has 1 aromatic carbocycles. The zero-order valence-electron chi connectivity index (χ0n) is 11.1. The topological polar surface area (TPSA) is 67.9 Å². The van der Waals surface area contributed by atoms with Crippen molar-refractivity contribution in [3.63, 3.8) is 0 Å². The maximum atomic E-state index is 5.96. The van der Waals surface area contributed by atoms with Gasteiger partial charge in [-0.15, -0.1) is 10.2 Å². The van der Waals surface area contributed by atoms with Crippen molar-refractivity contribution in [3.8, 4) is 0 Å². The van der Waals surface area contributed by atoms with Crippen LogP contribution in [0.2, 0.25) is 0 Å². The van der Waals surface area contributed by atoms with Gasteiger partial charge in [-0.1, -0.05) is 29.2 Å². The molecule has 0 saturated carbocycles. The highest BCUT2D eigenvalue weighted by Crippen LogP contribution is 2.37. The molecule has 2 heterocycles. The smallest absolute Gasteiger partial charge is 0.208 e. The average Bonchev–Trinajstić information content (AvgIpc) is 2.91. The number of fused-ring (bicyclic) bond motifs is 1. The summed E-state index contributed by atoms with van der Waals surface area (Å²) in [5.41, 5.74) is 7.48. The van der Waals surface area contributed by atoms with E-state index in [-0.39, 0.29) is 0 Å². The van der Waals surface area contributed by atoms with Gasteiger partial charge in [0.05, 0.1) is 11.2 Å². The Bertz CT molecular complexity index is 753. The number of hydrogen-bond donors (Lipinski definition) is 1. The van der Waals surface area contributed by atoms with Crippen molar-refractivity contribution >= 4 is 44.8 Å². The van der Waals surface area contributed by atoms with Crippen LogP contribution in [0.5, 0.6) is 0 Å². The summed E-state index contributed by atoms with van der Waals surface area (Å²) in [6.45, 7) is 0. The van der Waals surface area contributed by atoms with Gasteiger partial charge in [0.2, 0.25) is 5.13 Å². The Morgan fingerprint density at radius 2 is 2.05 bits per heavy atom. The van der Waals surface area contributed by atoms with Crippen LogP contribution in [0.4, 0.5) is 10.8 Å². The van der Waals surface area contributed by atoms with Crippen LogP contribution in [0.3, 0.4) is 0 Å². The Balaban J connectivity index is 2.00. The highest BCUT2D eigenvalue weighted by atomic mass is 32.2. The number of hydrogen-bond acceptors (Lipinski definition) is 7. The van der Waals surface area contributed by atoms with Crippen molar-refractivity contribution in [1.29, 1.82) is 0 Å². The van der Waals surface area contributed by atoms with Crippen molar-refractivity contribution in [2.24, 2.45) is 0 Å². The molecule has 3 aromatic rings. The van der Waals surface area contributed by atoms with Crippen LogP contribution in [-0.2, 0) is 0 Å². The predicted molar refractivity (Wildman–Crippen MR) is 84.5 cm³/mol. The first kappa shape index (κ1) is 13.1. The monoisotopic (exact) mass is 303 g/mol. The molecule has 20 heavy (non-hydrogen) atoms. The first-order chi connectivity index (χ1) is 9.65. The molecule has 3 rings (SSSR count). The Hall–Kier alpha value is -1.86. The fraction of sp³-hybridized carbons (Fsp3) is 0.154. The number of anilines is 2. The van der Waals surface area contributed by atoms with E-state index in [1.165, 1.54) is 0 Å². The largest absolute Gasteiger partial charge is 0.397 e. The van der Waals surface area contributed by atoms with Gasteiger partial charge >= 0.3 is 0 Å². The number of nitrogens with two attached hydrogens (primary N) is 1. The minimum Gasteiger partial charge on any atom is -0.397 e. The van der Waals surface area contributed by atoms with E-state index in [0.717, 1.165) is 25.3 Å². The average molecular weight is 303 g/mol. The molecule has 0 aliphatic carbocycles. The van der Waals surface area contributed by atoms with Crippen molar-refractivity contribution in [3.05, 3.63) is 30.5 Å². The molecule has 0 fully saturated rings. The van der Waals surface area contributed by atoms with Crippen LogP contribution in [0.25, 0.3) is 10.9 Å². The van der Waals surface area contributed by atoms with Gasteiger partial charge in [0.1, 0.15) is 0 Å². The molecule has 2 N–H and O–H groups in total. The Morgan fingerprint density at radius 1 is 1.20 bits per heavy atom. The molecular weight excluding hydrogens is 290 g/mol. The van der Waals surface area contributed by atoms with Crippen LogP contribution < -0.4 is 10.6 Å². The van der Waals surface area contributed by atoms with Crippen LogP contribution in [0.15, 0.2) is 39.7 Å². The number of aromatic nitrogens is 3. The molecule has 2 aromatic heterocycles. The van der Waals surface area contributed by atoms with Gasteiger partial charge in [-0.3, -0.25) is 4.98 Å². The predicted octanol–water partition coefficient (Wildman–Crippen LogP) is 2.89. The Morgan fingerprint density at radius 3 is 2.80 bits per heavy atom. The SMILES string of the molecule is CN(C)c1nnc(Sc2ccc(N)c3ncccc23)s1. The van der Waals surface area contributed by atoms with Crippen LogP contribution >= 0.6 is 23.1 Å². The van der Waals surface area contributed by atoms with Gasteiger partial charge in [-0.25, -0.2) is 0 Å². The lowest BCUT2D eigenvalue weighted by Gasteiger charge is -2.06. The summed E-state index contributed by atoms with van der Waals surface area (Å²) in [5.74, 6) is 0. The summed E-state index contributed by atoms with van der Waals surface area (Å²) in [6, 6.07) is 7.82.